The van der Waals surface area contributed by atoms with E-state index in [0.717, 1.165) is 16.2 Å². The Labute approximate surface area is 250 Å². The van der Waals surface area contributed by atoms with E-state index < -0.39 is 10.1 Å². The van der Waals surface area contributed by atoms with E-state index in [-0.39, 0.29) is 45.8 Å². The average molecular weight is 567 g/mol. The van der Waals surface area contributed by atoms with Crippen LogP contribution in [0.5, 0.6) is 0 Å². The monoisotopic (exact) mass is 566 g/mol. The molecule has 5 aromatic rings. The van der Waals surface area contributed by atoms with Crippen LogP contribution in [0.25, 0.3) is 22.0 Å². The van der Waals surface area contributed by atoms with Gasteiger partial charge in [0.1, 0.15) is 16.3 Å². The molecule has 0 saturated heterocycles. The fraction of sp³-hybridized carbons (Fsp3) is 0. The summed E-state index contributed by atoms with van der Waals surface area (Å²) >= 11 is 3.49. The molecule has 0 unspecified atom stereocenters. The van der Waals surface area contributed by atoms with E-state index in [4.69, 9.17) is 5.73 Å². The molecule has 1 aliphatic rings. The first-order valence-corrected chi connectivity index (χ1v) is 14.2. The number of azo groups is 1. The van der Waals surface area contributed by atoms with Gasteiger partial charge >= 0.3 is 29.6 Å². The van der Waals surface area contributed by atoms with Gasteiger partial charge in [0.05, 0.1) is 17.6 Å². The van der Waals surface area contributed by atoms with Crippen LogP contribution in [0.3, 0.4) is 0 Å². The van der Waals surface area contributed by atoms with Gasteiger partial charge in [-0.1, -0.05) is 72.1 Å². The normalized spacial score (nSPS) is 12.7. The molecular formula is C27H19N4NaO3S3. The molecule has 0 saturated carbocycles. The predicted molar refractivity (Wildman–Crippen MR) is 154 cm³/mol. The molecular weight excluding hydrogens is 548 g/mol. The van der Waals surface area contributed by atoms with Crippen molar-refractivity contribution in [1.29, 1.82) is 0 Å². The van der Waals surface area contributed by atoms with Crippen LogP contribution in [-0.2, 0) is 10.1 Å². The summed E-state index contributed by atoms with van der Waals surface area (Å²) in [5.74, 6) is 0. The second-order valence-electron chi connectivity index (χ2n) is 8.21. The number of hydrogen-bond donors (Lipinski definition) is 2. The van der Waals surface area contributed by atoms with Gasteiger partial charge < -0.3 is 5.73 Å². The molecule has 0 fully saturated rings. The molecule has 1 aromatic heterocycles. The van der Waals surface area contributed by atoms with Gasteiger partial charge in [-0.15, -0.1) is 10.2 Å². The quantitative estimate of drug-likeness (QED) is 0.101. The van der Waals surface area contributed by atoms with Crippen molar-refractivity contribution in [2.24, 2.45) is 10.2 Å². The van der Waals surface area contributed by atoms with Crippen molar-refractivity contribution in [2.75, 3.05) is 5.73 Å². The second kappa shape index (κ2) is 10.8. The molecule has 6 rings (SSSR count). The molecule has 2 heterocycles. The fourth-order valence-electron chi connectivity index (χ4n) is 4.11. The van der Waals surface area contributed by atoms with Crippen LogP contribution in [0.2, 0.25) is 0 Å². The van der Waals surface area contributed by atoms with E-state index in [1.54, 1.807) is 60.1 Å². The van der Waals surface area contributed by atoms with Crippen molar-refractivity contribution in [3.8, 4) is 11.3 Å². The summed E-state index contributed by atoms with van der Waals surface area (Å²) < 4.78 is 33.6. The number of pyridine rings is 1. The van der Waals surface area contributed by atoms with Gasteiger partial charge in [-0.2, -0.15) is 8.42 Å². The van der Waals surface area contributed by atoms with Crippen LogP contribution in [0, 0.1) is 0 Å². The van der Waals surface area contributed by atoms with Crippen LogP contribution >= 0.6 is 23.5 Å². The maximum absolute atomic E-state index is 12.0. The van der Waals surface area contributed by atoms with E-state index in [0.29, 0.717) is 16.5 Å². The SMILES string of the molecule is Nc1c(/N=N/c2ccc(-c3cccc4c3Sc3ccccc3S4)nc2)cc(S(=O)(=O)O)c2ccccc12.[NaH]. The minimum absolute atomic E-state index is 0. The number of hydrogen-bond acceptors (Lipinski definition) is 8. The molecule has 3 N–H and O–H groups in total. The van der Waals surface area contributed by atoms with Crippen LogP contribution in [-0.4, -0.2) is 47.5 Å². The van der Waals surface area contributed by atoms with Crippen molar-refractivity contribution in [3.05, 3.63) is 91.1 Å². The van der Waals surface area contributed by atoms with E-state index in [9.17, 15) is 13.0 Å². The van der Waals surface area contributed by atoms with E-state index in [2.05, 4.69) is 39.5 Å². The average Bonchev–Trinajstić information content (AvgIpc) is 2.91. The van der Waals surface area contributed by atoms with Gasteiger partial charge in [0.25, 0.3) is 10.1 Å². The van der Waals surface area contributed by atoms with E-state index in [1.807, 2.05) is 24.3 Å². The number of aromatic nitrogens is 1. The number of nitrogens with two attached hydrogens (primary N) is 1. The Bertz CT molecular complexity index is 1830. The first kappa shape index (κ1) is 26.9. The van der Waals surface area contributed by atoms with Gasteiger partial charge in [-0.3, -0.25) is 9.54 Å². The van der Waals surface area contributed by atoms with Crippen molar-refractivity contribution < 1.29 is 13.0 Å². The number of anilines is 1. The molecule has 0 bridgehead atoms. The predicted octanol–water partition coefficient (Wildman–Crippen LogP) is 7.11. The Kier molecular flexibility index (Phi) is 7.65. The molecule has 184 valence electrons. The molecule has 1 aliphatic heterocycles. The molecule has 4 aromatic carbocycles. The molecule has 38 heavy (non-hydrogen) atoms. The number of rotatable bonds is 4. The Morgan fingerprint density at radius 1 is 0.789 bits per heavy atom. The minimum atomic E-state index is -4.49. The Balaban J connectivity index is 0.00000294. The van der Waals surface area contributed by atoms with Crippen LogP contribution in [0.15, 0.2) is 126 Å². The van der Waals surface area contributed by atoms with Crippen LogP contribution in [0.4, 0.5) is 17.1 Å². The third-order valence-corrected chi connectivity index (χ3v) is 9.37. The third-order valence-electron chi connectivity index (χ3n) is 5.86. The third kappa shape index (κ3) is 5.13. The summed E-state index contributed by atoms with van der Waals surface area (Å²) in [5, 5.41) is 9.17. The molecule has 0 aliphatic carbocycles. The first-order chi connectivity index (χ1) is 17.9. The number of fused-ring (bicyclic) bond motifs is 3. The zero-order valence-electron chi connectivity index (χ0n) is 19.1. The maximum atomic E-state index is 12.0. The summed E-state index contributed by atoms with van der Waals surface area (Å²) in [7, 11) is -4.49. The zero-order chi connectivity index (χ0) is 25.6. The summed E-state index contributed by atoms with van der Waals surface area (Å²) in [6.07, 6.45) is 1.60. The molecule has 11 heteroatoms. The number of nitrogens with zero attached hydrogens (tertiary/aromatic N) is 3. The van der Waals surface area contributed by atoms with E-state index >= 15 is 0 Å². The van der Waals surface area contributed by atoms with Crippen molar-refractivity contribution in [3.63, 3.8) is 0 Å². The fourth-order valence-corrected chi connectivity index (χ4v) is 7.22. The van der Waals surface area contributed by atoms with Crippen molar-refractivity contribution >= 4 is 91.0 Å². The molecule has 0 radical (unpaired) electrons. The zero-order valence-corrected chi connectivity index (χ0v) is 21.5. The first-order valence-electron chi connectivity index (χ1n) is 11.1. The Morgan fingerprint density at radius 2 is 1.47 bits per heavy atom. The Hall–Kier alpha value is -2.70. The number of benzene rings is 4. The van der Waals surface area contributed by atoms with Crippen molar-refractivity contribution in [2.45, 2.75) is 24.5 Å². The topological polar surface area (TPSA) is 118 Å². The summed E-state index contributed by atoms with van der Waals surface area (Å²) in [5.41, 5.74) is 8.96. The van der Waals surface area contributed by atoms with Gasteiger partial charge in [0.2, 0.25) is 0 Å². The summed E-state index contributed by atoms with van der Waals surface area (Å²) in [6.45, 7) is 0. The van der Waals surface area contributed by atoms with E-state index in [1.165, 1.54) is 20.8 Å². The molecule has 0 amide bonds. The second-order valence-corrected chi connectivity index (χ2v) is 11.7. The number of nitrogen functional groups attached to an aromatic ring is 1. The Morgan fingerprint density at radius 3 is 2.18 bits per heavy atom. The van der Waals surface area contributed by atoms with Gasteiger partial charge in [0, 0.05) is 35.9 Å². The van der Waals surface area contributed by atoms with Gasteiger partial charge in [-0.05, 0) is 36.4 Å². The summed E-state index contributed by atoms with van der Waals surface area (Å²) in [4.78, 5) is 9.15. The standard InChI is InChI=1S/C27H18N4O3S3.Na.H/c28-26-18-7-2-1-6-17(18)25(37(32,33)34)14-21(26)31-30-16-12-13-20(29-15-16)19-8-5-11-24-27(19)36-23-10-4-3-9-22(23)35-24;;/h1-15H,28H2,(H,32,33,34);;/b31-30+;;. The molecule has 0 atom stereocenters. The summed E-state index contributed by atoms with van der Waals surface area (Å²) in [6, 6.07) is 26.1. The van der Waals surface area contributed by atoms with Crippen LogP contribution in [0.1, 0.15) is 0 Å². The van der Waals surface area contributed by atoms with Crippen molar-refractivity contribution in [1.82, 2.24) is 4.98 Å². The molecule has 0 spiro atoms. The van der Waals surface area contributed by atoms with Gasteiger partial charge in [-0.25, -0.2) is 0 Å². The van der Waals surface area contributed by atoms with Crippen LogP contribution < -0.4 is 5.73 Å². The van der Waals surface area contributed by atoms with Gasteiger partial charge in [0.15, 0.2) is 0 Å². The molecule has 7 nitrogen and oxygen atoms in total.